The molecule has 0 aromatic rings. The summed E-state index contributed by atoms with van der Waals surface area (Å²) in [5.41, 5.74) is -1.02. The number of rotatable bonds is 6. The number of carbonyl (C=O) groups excluding carboxylic acids is 1. The van der Waals surface area contributed by atoms with E-state index in [9.17, 15) is 18.0 Å². The highest BCUT2D eigenvalue weighted by Gasteiger charge is 2.48. The maximum atomic E-state index is 11.8. The second kappa shape index (κ2) is 5.23. The molecule has 7 nitrogen and oxygen atoms in total. The normalized spacial score (nSPS) is 19.7. The second-order valence-electron chi connectivity index (χ2n) is 4.56. The van der Waals surface area contributed by atoms with Crippen molar-refractivity contribution in [2.24, 2.45) is 5.41 Å². The zero-order chi connectivity index (χ0) is 14.0. The lowest BCUT2D eigenvalue weighted by molar-refractivity contribution is -0.156. The van der Waals surface area contributed by atoms with Gasteiger partial charge in [-0.1, -0.05) is 6.42 Å². The van der Waals surface area contributed by atoms with Crippen molar-refractivity contribution in [3.05, 3.63) is 0 Å². The van der Waals surface area contributed by atoms with Gasteiger partial charge in [0.1, 0.15) is 6.04 Å². The summed E-state index contributed by atoms with van der Waals surface area (Å²) in [6.45, 7) is 1.23. The minimum atomic E-state index is -3.83. The Labute approximate surface area is 106 Å². The Balaban J connectivity index is 2.76. The fourth-order valence-corrected chi connectivity index (χ4v) is 3.81. The number of carbonyl (C=O) groups is 2. The molecule has 1 atom stereocenters. The molecule has 0 amide bonds. The van der Waals surface area contributed by atoms with Crippen LogP contribution in [0.15, 0.2) is 0 Å². The van der Waals surface area contributed by atoms with E-state index in [-0.39, 0.29) is 0 Å². The molecule has 8 heteroatoms. The van der Waals surface area contributed by atoms with Gasteiger partial charge in [-0.2, -0.15) is 0 Å². The molecule has 0 unspecified atom stereocenters. The number of ether oxygens (including phenoxy) is 1. The quantitative estimate of drug-likeness (QED) is 0.647. The van der Waals surface area contributed by atoms with E-state index in [0.717, 1.165) is 6.42 Å². The van der Waals surface area contributed by atoms with Crippen LogP contribution in [0.3, 0.4) is 0 Å². The lowest BCUT2D eigenvalue weighted by Crippen LogP contribution is -2.49. The van der Waals surface area contributed by atoms with E-state index >= 15 is 0 Å². The Hall–Kier alpha value is -1.15. The highest BCUT2D eigenvalue weighted by atomic mass is 32.2. The fraction of sp³-hybridized carbons (Fsp3) is 0.800. The van der Waals surface area contributed by atoms with Gasteiger partial charge >= 0.3 is 11.9 Å². The first-order chi connectivity index (χ1) is 8.22. The number of nitrogens with one attached hydrogen (secondary N) is 1. The fourth-order valence-electron chi connectivity index (χ4n) is 1.95. The van der Waals surface area contributed by atoms with Crippen molar-refractivity contribution in [3.8, 4) is 0 Å². The molecule has 0 aromatic carbocycles. The van der Waals surface area contributed by atoms with E-state index in [4.69, 9.17) is 5.11 Å². The molecule has 1 aliphatic carbocycles. The molecule has 1 rings (SSSR count). The maximum Gasteiger partial charge on any atom is 0.321 e. The van der Waals surface area contributed by atoms with Crippen molar-refractivity contribution in [3.63, 3.8) is 0 Å². The van der Waals surface area contributed by atoms with Crippen LogP contribution in [0.5, 0.6) is 0 Å². The van der Waals surface area contributed by atoms with Crippen molar-refractivity contribution in [2.45, 2.75) is 32.2 Å². The molecule has 18 heavy (non-hydrogen) atoms. The molecule has 104 valence electrons. The average molecular weight is 279 g/mol. The summed E-state index contributed by atoms with van der Waals surface area (Å²) in [6.07, 6.45) is 1.66. The monoisotopic (exact) mass is 279 g/mol. The third kappa shape index (κ3) is 3.20. The molecule has 1 fully saturated rings. The number of aliphatic carboxylic acids is 1. The summed E-state index contributed by atoms with van der Waals surface area (Å²) < 4.78 is 30.2. The average Bonchev–Trinajstić information content (AvgIpc) is 2.21. The minimum Gasteiger partial charge on any atom is -0.480 e. The number of hydrogen-bond donors (Lipinski definition) is 2. The Morgan fingerprint density at radius 1 is 1.44 bits per heavy atom. The van der Waals surface area contributed by atoms with Gasteiger partial charge in [-0.05, 0) is 19.8 Å². The second-order valence-corrected chi connectivity index (χ2v) is 6.32. The van der Waals surface area contributed by atoms with E-state index in [0.29, 0.717) is 12.8 Å². The highest BCUT2D eigenvalue weighted by molar-refractivity contribution is 7.89. The van der Waals surface area contributed by atoms with Crippen LogP contribution < -0.4 is 4.72 Å². The first-order valence-corrected chi connectivity index (χ1v) is 7.19. The van der Waals surface area contributed by atoms with Crippen LogP contribution in [-0.4, -0.2) is 44.4 Å². The van der Waals surface area contributed by atoms with Gasteiger partial charge in [0, 0.05) is 0 Å². The van der Waals surface area contributed by atoms with Crippen molar-refractivity contribution in [1.82, 2.24) is 4.72 Å². The minimum absolute atomic E-state index is 0.426. The van der Waals surface area contributed by atoms with E-state index in [1.165, 1.54) is 14.0 Å². The number of methoxy groups -OCH3 is 1. The first-order valence-electron chi connectivity index (χ1n) is 5.54. The van der Waals surface area contributed by atoms with Gasteiger partial charge in [0.25, 0.3) is 0 Å². The highest BCUT2D eigenvalue weighted by Crippen LogP contribution is 2.42. The molecular weight excluding hydrogens is 262 g/mol. The molecule has 2 N–H and O–H groups in total. The smallest absolute Gasteiger partial charge is 0.321 e. The Kier molecular flexibility index (Phi) is 4.33. The lowest BCUT2D eigenvalue weighted by Gasteiger charge is -2.38. The SMILES string of the molecule is COC(=O)C1(CS(=O)(=O)N[C@@H](C)C(=O)O)CCC1. The van der Waals surface area contributed by atoms with Gasteiger partial charge in [0.05, 0.1) is 18.3 Å². The Morgan fingerprint density at radius 3 is 2.33 bits per heavy atom. The van der Waals surface area contributed by atoms with Gasteiger partial charge in [-0.3, -0.25) is 9.59 Å². The van der Waals surface area contributed by atoms with Crippen LogP contribution in [-0.2, 0) is 24.3 Å². The number of carboxylic acid groups (broad SMARTS) is 1. The van der Waals surface area contributed by atoms with Crippen LogP contribution in [0, 0.1) is 5.41 Å². The van der Waals surface area contributed by atoms with Crippen LogP contribution in [0.2, 0.25) is 0 Å². The van der Waals surface area contributed by atoms with E-state index in [2.05, 4.69) is 4.74 Å². The summed E-state index contributed by atoms with van der Waals surface area (Å²) >= 11 is 0. The molecule has 0 heterocycles. The van der Waals surface area contributed by atoms with E-state index in [1.54, 1.807) is 0 Å². The van der Waals surface area contributed by atoms with Crippen LogP contribution in [0.4, 0.5) is 0 Å². The van der Waals surface area contributed by atoms with Gasteiger partial charge in [0.15, 0.2) is 0 Å². The standard InChI is InChI=1S/C10H17NO6S/c1-7(8(12)13)11-18(15,16)6-10(4-3-5-10)9(14)17-2/h7,11H,3-6H2,1-2H3,(H,12,13)/t7-/m0/s1. The molecule has 0 saturated heterocycles. The number of esters is 1. The molecular formula is C10H17NO6S. The number of sulfonamides is 1. The third-order valence-corrected chi connectivity index (χ3v) is 4.77. The van der Waals surface area contributed by atoms with E-state index < -0.39 is 39.2 Å². The molecule has 0 spiro atoms. The predicted molar refractivity (Wildman–Crippen MR) is 62.3 cm³/mol. The van der Waals surface area contributed by atoms with Crippen molar-refractivity contribution >= 4 is 22.0 Å². The van der Waals surface area contributed by atoms with Crippen LogP contribution in [0.25, 0.3) is 0 Å². The third-order valence-electron chi connectivity index (χ3n) is 3.12. The van der Waals surface area contributed by atoms with Gasteiger partial charge in [-0.15, -0.1) is 0 Å². The number of hydrogen-bond acceptors (Lipinski definition) is 5. The van der Waals surface area contributed by atoms with E-state index in [1.807, 2.05) is 4.72 Å². The van der Waals surface area contributed by atoms with Crippen molar-refractivity contribution < 1.29 is 27.9 Å². The molecule has 0 bridgehead atoms. The zero-order valence-electron chi connectivity index (χ0n) is 10.3. The summed E-state index contributed by atoms with van der Waals surface area (Å²) in [6, 6.07) is -1.22. The Bertz CT molecular complexity index is 439. The van der Waals surface area contributed by atoms with Gasteiger partial charge in [0.2, 0.25) is 10.0 Å². The molecule has 1 saturated carbocycles. The summed E-state index contributed by atoms with van der Waals surface area (Å²) in [5.74, 6) is -2.24. The molecule has 0 aromatic heterocycles. The predicted octanol–water partition coefficient (Wildman–Crippen LogP) is -0.278. The molecule has 0 aliphatic heterocycles. The zero-order valence-corrected chi connectivity index (χ0v) is 11.1. The molecule has 1 aliphatic rings. The van der Waals surface area contributed by atoms with Crippen LogP contribution in [0.1, 0.15) is 26.2 Å². The number of carboxylic acids is 1. The summed E-state index contributed by atoms with van der Waals surface area (Å²) in [4.78, 5) is 22.2. The Morgan fingerprint density at radius 2 is 2.00 bits per heavy atom. The lowest BCUT2D eigenvalue weighted by atomic mass is 9.70. The summed E-state index contributed by atoms with van der Waals surface area (Å²) in [5, 5.41) is 8.65. The van der Waals surface area contributed by atoms with Gasteiger partial charge in [-0.25, -0.2) is 13.1 Å². The molecule has 0 radical (unpaired) electrons. The maximum absolute atomic E-state index is 11.8. The topological polar surface area (TPSA) is 110 Å². The van der Waals surface area contributed by atoms with Gasteiger partial charge < -0.3 is 9.84 Å². The van der Waals surface area contributed by atoms with Crippen molar-refractivity contribution in [2.75, 3.05) is 12.9 Å². The van der Waals surface area contributed by atoms with Crippen LogP contribution >= 0.6 is 0 Å². The summed E-state index contributed by atoms with van der Waals surface area (Å²) in [7, 11) is -2.62. The van der Waals surface area contributed by atoms with Crippen molar-refractivity contribution in [1.29, 1.82) is 0 Å². The first kappa shape index (κ1) is 14.9. The largest absolute Gasteiger partial charge is 0.480 e.